The molecule has 1 saturated carbocycles. The maximum absolute atomic E-state index is 13.1. The Morgan fingerprint density at radius 3 is 2.47 bits per heavy atom. The highest BCUT2D eigenvalue weighted by atomic mass is 35.5. The highest BCUT2D eigenvalue weighted by Gasteiger charge is 2.44. The third-order valence-electron chi connectivity index (χ3n) is 7.33. The van der Waals surface area contributed by atoms with Crippen LogP contribution < -0.4 is 15.4 Å². The van der Waals surface area contributed by atoms with E-state index in [2.05, 4.69) is 15.6 Å². The van der Waals surface area contributed by atoms with Gasteiger partial charge in [0.05, 0.1) is 23.4 Å². The van der Waals surface area contributed by atoms with Gasteiger partial charge in [-0.25, -0.2) is 4.98 Å². The zero-order chi connectivity index (χ0) is 26.7. The fourth-order valence-electron chi connectivity index (χ4n) is 4.87. The molecule has 2 fully saturated rings. The van der Waals surface area contributed by atoms with E-state index in [0.29, 0.717) is 34.3 Å². The van der Waals surface area contributed by atoms with E-state index in [4.69, 9.17) is 16.3 Å². The first kappa shape index (κ1) is 25.7. The van der Waals surface area contributed by atoms with Crippen molar-refractivity contribution in [2.75, 3.05) is 30.8 Å². The number of methoxy groups -OCH3 is 1. The summed E-state index contributed by atoms with van der Waals surface area (Å²) in [5, 5.41) is 6.03. The van der Waals surface area contributed by atoms with E-state index < -0.39 is 5.91 Å². The molecule has 1 aliphatic carbocycles. The standard InChI is InChI=1S/C29H29ClN4O4/c1-38-22-9-10-24(23(17-22)28(37)33-25-11-8-21(30)18-31-25)32-27(36)19-4-6-20(7-5-19)29(12-13-29)14-16-34-15-2-3-26(34)35/h4-11,17-18H,2-3,12-16H2,1H3,(H,32,36)(H,31,33,37). The second kappa shape index (κ2) is 10.8. The predicted octanol–water partition coefficient (Wildman–Crippen LogP) is 5.29. The number of ether oxygens (including phenoxy) is 1. The number of hydrogen-bond donors (Lipinski definition) is 2. The highest BCUT2D eigenvalue weighted by Crippen LogP contribution is 2.51. The Labute approximate surface area is 226 Å². The largest absolute Gasteiger partial charge is 0.497 e. The Morgan fingerprint density at radius 2 is 1.84 bits per heavy atom. The highest BCUT2D eigenvalue weighted by molar-refractivity contribution is 6.30. The molecule has 8 nitrogen and oxygen atoms in total. The molecule has 1 aliphatic heterocycles. The van der Waals surface area contributed by atoms with E-state index in [-0.39, 0.29) is 22.8 Å². The van der Waals surface area contributed by atoms with E-state index in [9.17, 15) is 14.4 Å². The topological polar surface area (TPSA) is 101 Å². The molecule has 0 radical (unpaired) electrons. The van der Waals surface area contributed by atoms with Crippen molar-refractivity contribution in [2.24, 2.45) is 0 Å². The average Bonchev–Trinajstić information content (AvgIpc) is 3.62. The number of carbonyl (C=O) groups excluding carboxylic acids is 3. The molecule has 38 heavy (non-hydrogen) atoms. The van der Waals surface area contributed by atoms with Gasteiger partial charge in [-0.2, -0.15) is 0 Å². The van der Waals surface area contributed by atoms with Crippen molar-refractivity contribution in [2.45, 2.75) is 37.5 Å². The third-order valence-corrected chi connectivity index (χ3v) is 7.56. The molecule has 196 valence electrons. The SMILES string of the molecule is COc1ccc(NC(=O)c2ccc(C3(CCN4CCCC4=O)CC3)cc2)c(C(=O)Nc2ccc(Cl)cn2)c1. The summed E-state index contributed by atoms with van der Waals surface area (Å²) >= 11 is 5.88. The summed E-state index contributed by atoms with van der Waals surface area (Å²) in [5.74, 6) is 0.290. The van der Waals surface area contributed by atoms with Crippen LogP contribution in [0.25, 0.3) is 0 Å². The summed E-state index contributed by atoms with van der Waals surface area (Å²) in [7, 11) is 1.51. The summed E-state index contributed by atoms with van der Waals surface area (Å²) in [4.78, 5) is 44.2. The maximum atomic E-state index is 13.1. The smallest absolute Gasteiger partial charge is 0.259 e. The second-order valence-electron chi connectivity index (χ2n) is 9.77. The van der Waals surface area contributed by atoms with Crippen LogP contribution in [0.4, 0.5) is 11.5 Å². The van der Waals surface area contributed by atoms with Crippen molar-refractivity contribution in [1.29, 1.82) is 0 Å². The van der Waals surface area contributed by atoms with Crippen molar-refractivity contribution in [3.63, 3.8) is 0 Å². The number of aromatic nitrogens is 1. The van der Waals surface area contributed by atoms with Crippen molar-refractivity contribution in [3.8, 4) is 5.75 Å². The fourth-order valence-corrected chi connectivity index (χ4v) is 4.99. The molecule has 2 aliphatic rings. The Kier molecular flexibility index (Phi) is 7.33. The number of anilines is 2. The quantitative estimate of drug-likeness (QED) is 0.390. The van der Waals surface area contributed by atoms with Crippen molar-refractivity contribution in [1.82, 2.24) is 9.88 Å². The zero-order valence-corrected chi connectivity index (χ0v) is 21.9. The van der Waals surface area contributed by atoms with Gasteiger partial charge in [0.15, 0.2) is 0 Å². The number of amides is 3. The molecule has 3 amide bonds. The molecule has 2 aromatic carbocycles. The number of nitrogens with one attached hydrogen (secondary N) is 2. The summed E-state index contributed by atoms with van der Waals surface area (Å²) in [6, 6.07) is 15.7. The van der Waals surface area contributed by atoms with E-state index >= 15 is 0 Å². The first-order valence-electron chi connectivity index (χ1n) is 12.7. The molecule has 0 atom stereocenters. The minimum absolute atomic E-state index is 0.0921. The molecular formula is C29H29ClN4O4. The lowest BCUT2D eigenvalue weighted by molar-refractivity contribution is -0.127. The molecule has 3 aromatic rings. The Balaban J connectivity index is 1.27. The van der Waals surface area contributed by atoms with Crippen LogP contribution in [0.5, 0.6) is 5.75 Å². The average molecular weight is 533 g/mol. The molecule has 1 aromatic heterocycles. The van der Waals surface area contributed by atoms with Crippen LogP contribution in [-0.4, -0.2) is 47.8 Å². The van der Waals surface area contributed by atoms with Gasteiger partial charge in [-0.3, -0.25) is 14.4 Å². The van der Waals surface area contributed by atoms with E-state index in [1.54, 1.807) is 30.3 Å². The first-order valence-corrected chi connectivity index (χ1v) is 13.1. The molecule has 5 rings (SSSR count). The van der Waals surface area contributed by atoms with Gasteiger partial charge in [-0.1, -0.05) is 23.7 Å². The molecule has 2 heterocycles. The molecule has 0 unspecified atom stereocenters. The van der Waals surface area contributed by atoms with Gasteiger partial charge in [0.1, 0.15) is 11.6 Å². The second-order valence-corrected chi connectivity index (χ2v) is 10.2. The van der Waals surface area contributed by atoms with Gasteiger partial charge in [0, 0.05) is 31.3 Å². The lowest BCUT2D eigenvalue weighted by Crippen LogP contribution is -2.28. The van der Waals surface area contributed by atoms with Crippen LogP contribution in [0.3, 0.4) is 0 Å². The van der Waals surface area contributed by atoms with Crippen LogP contribution in [0.1, 0.15) is 58.4 Å². The summed E-state index contributed by atoms with van der Waals surface area (Å²) in [6.07, 6.45) is 6.17. The van der Waals surface area contributed by atoms with E-state index in [1.807, 2.05) is 29.2 Å². The van der Waals surface area contributed by atoms with E-state index in [0.717, 1.165) is 38.8 Å². The predicted molar refractivity (Wildman–Crippen MR) is 146 cm³/mol. The van der Waals surface area contributed by atoms with E-state index in [1.165, 1.54) is 18.9 Å². The molecule has 1 saturated heterocycles. The minimum Gasteiger partial charge on any atom is -0.497 e. The molecular weight excluding hydrogens is 504 g/mol. The number of hydrogen-bond acceptors (Lipinski definition) is 5. The van der Waals surface area contributed by atoms with Gasteiger partial charge >= 0.3 is 0 Å². The van der Waals surface area contributed by atoms with Gasteiger partial charge in [0.25, 0.3) is 11.8 Å². The van der Waals surface area contributed by atoms with Gasteiger partial charge in [0.2, 0.25) is 5.91 Å². The lowest BCUT2D eigenvalue weighted by atomic mass is 9.91. The number of nitrogens with zero attached hydrogens (tertiary/aromatic N) is 2. The maximum Gasteiger partial charge on any atom is 0.259 e. The number of pyridine rings is 1. The zero-order valence-electron chi connectivity index (χ0n) is 21.1. The molecule has 2 N–H and O–H groups in total. The minimum atomic E-state index is -0.448. The normalized spacial score (nSPS) is 15.7. The Morgan fingerprint density at radius 1 is 1.05 bits per heavy atom. The third kappa shape index (κ3) is 5.65. The molecule has 0 spiro atoms. The monoisotopic (exact) mass is 532 g/mol. The number of rotatable bonds is 9. The summed E-state index contributed by atoms with van der Waals surface area (Å²) < 4.78 is 5.28. The van der Waals surface area contributed by atoms with Gasteiger partial charge in [-0.05, 0) is 79.1 Å². The lowest BCUT2D eigenvalue weighted by Gasteiger charge is -2.21. The number of benzene rings is 2. The van der Waals surface area contributed by atoms with Crippen LogP contribution in [-0.2, 0) is 10.2 Å². The van der Waals surface area contributed by atoms with Crippen molar-refractivity contribution < 1.29 is 19.1 Å². The summed E-state index contributed by atoms with van der Waals surface area (Å²) in [5.41, 5.74) is 2.36. The Hall–Kier alpha value is -3.91. The van der Waals surface area contributed by atoms with Crippen LogP contribution in [0.15, 0.2) is 60.8 Å². The van der Waals surface area contributed by atoms with Gasteiger partial charge in [-0.15, -0.1) is 0 Å². The fraction of sp³-hybridized carbons (Fsp3) is 0.310. The van der Waals surface area contributed by atoms with Crippen molar-refractivity contribution in [3.05, 3.63) is 82.5 Å². The van der Waals surface area contributed by atoms with Crippen LogP contribution in [0, 0.1) is 0 Å². The molecule has 0 bridgehead atoms. The van der Waals surface area contributed by atoms with Crippen LogP contribution >= 0.6 is 11.6 Å². The number of likely N-dealkylation sites (tertiary alicyclic amines) is 1. The number of halogens is 1. The number of carbonyl (C=O) groups is 3. The molecule has 9 heteroatoms. The Bertz CT molecular complexity index is 1350. The van der Waals surface area contributed by atoms with Crippen molar-refractivity contribution >= 4 is 40.8 Å². The van der Waals surface area contributed by atoms with Crippen LogP contribution in [0.2, 0.25) is 5.02 Å². The summed E-state index contributed by atoms with van der Waals surface area (Å²) in [6.45, 7) is 1.64. The van der Waals surface area contributed by atoms with Gasteiger partial charge < -0.3 is 20.3 Å². The first-order chi connectivity index (χ1) is 18.4.